The lowest BCUT2D eigenvalue weighted by atomic mass is 9.75. The van der Waals surface area contributed by atoms with Gasteiger partial charge < -0.3 is 5.32 Å². The highest BCUT2D eigenvalue weighted by Gasteiger charge is 2.29. The standard InChI is InChI=1S/C15H23N3S/c1-3-11-4-5-14(16-2)12(8-11)9-13-10-18-6-7-19-15(18)17-13/h6-7,10-12,14,16H,3-5,8-9H2,1-2H3. The first kappa shape index (κ1) is 13.1. The number of thiazole rings is 1. The monoisotopic (exact) mass is 277 g/mol. The third-order valence-electron chi connectivity index (χ3n) is 4.65. The van der Waals surface area contributed by atoms with Gasteiger partial charge in [-0.1, -0.05) is 13.3 Å². The molecule has 1 fully saturated rings. The van der Waals surface area contributed by atoms with Crippen LogP contribution < -0.4 is 5.32 Å². The van der Waals surface area contributed by atoms with Crippen LogP contribution in [0.3, 0.4) is 0 Å². The van der Waals surface area contributed by atoms with Gasteiger partial charge in [0.05, 0.1) is 5.69 Å². The van der Waals surface area contributed by atoms with Gasteiger partial charge in [0.2, 0.25) is 0 Å². The van der Waals surface area contributed by atoms with Crippen molar-refractivity contribution in [3.8, 4) is 0 Å². The van der Waals surface area contributed by atoms with E-state index in [1.165, 1.54) is 31.4 Å². The van der Waals surface area contributed by atoms with E-state index in [1.807, 2.05) is 0 Å². The molecule has 0 radical (unpaired) electrons. The van der Waals surface area contributed by atoms with E-state index in [0.29, 0.717) is 6.04 Å². The minimum atomic E-state index is 0.669. The van der Waals surface area contributed by atoms with E-state index in [0.717, 1.165) is 23.2 Å². The number of hydrogen-bond acceptors (Lipinski definition) is 3. The van der Waals surface area contributed by atoms with Crippen LogP contribution in [0.5, 0.6) is 0 Å². The molecule has 2 heterocycles. The Balaban J connectivity index is 1.73. The molecule has 4 heteroatoms. The van der Waals surface area contributed by atoms with Gasteiger partial charge in [0.25, 0.3) is 0 Å². The maximum atomic E-state index is 4.74. The number of rotatable bonds is 4. The van der Waals surface area contributed by atoms with Crippen LogP contribution in [-0.2, 0) is 6.42 Å². The van der Waals surface area contributed by atoms with Gasteiger partial charge in [-0.25, -0.2) is 4.98 Å². The molecule has 104 valence electrons. The maximum absolute atomic E-state index is 4.74. The van der Waals surface area contributed by atoms with Gasteiger partial charge in [0.15, 0.2) is 4.96 Å². The van der Waals surface area contributed by atoms with Gasteiger partial charge in [-0.15, -0.1) is 11.3 Å². The number of hydrogen-bond donors (Lipinski definition) is 1. The van der Waals surface area contributed by atoms with Crippen molar-refractivity contribution in [1.82, 2.24) is 14.7 Å². The van der Waals surface area contributed by atoms with Gasteiger partial charge in [0, 0.05) is 23.8 Å². The van der Waals surface area contributed by atoms with E-state index in [2.05, 4.69) is 41.5 Å². The summed E-state index contributed by atoms with van der Waals surface area (Å²) in [6.07, 6.45) is 10.8. The molecular formula is C15H23N3S. The molecule has 0 amide bonds. The summed E-state index contributed by atoms with van der Waals surface area (Å²) < 4.78 is 2.15. The van der Waals surface area contributed by atoms with Gasteiger partial charge in [-0.3, -0.25) is 4.40 Å². The number of fused-ring (bicyclic) bond motifs is 1. The highest BCUT2D eigenvalue weighted by molar-refractivity contribution is 7.15. The Hall–Kier alpha value is -0.870. The molecule has 1 saturated carbocycles. The van der Waals surface area contributed by atoms with E-state index < -0.39 is 0 Å². The van der Waals surface area contributed by atoms with Crippen molar-refractivity contribution < 1.29 is 0 Å². The van der Waals surface area contributed by atoms with E-state index in [4.69, 9.17) is 4.98 Å². The topological polar surface area (TPSA) is 29.3 Å². The number of nitrogens with zero attached hydrogens (tertiary/aromatic N) is 2. The summed E-state index contributed by atoms with van der Waals surface area (Å²) in [6.45, 7) is 2.33. The predicted octanol–water partition coefficient (Wildman–Crippen LogP) is 3.35. The van der Waals surface area contributed by atoms with E-state index in [1.54, 1.807) is 11.3 Å². The number of aromatic nitrogens is 2. The lowest BCUT2D eigenvalue weighted by Gasteiger charge is -2.35. The highest BCUT2D eigenvalue weighted by atomic mass is 32.1. The number of imidazole rings is 1. The Kier molecular flexibility index (Phi) is 3.89. The van der Waals surface area contributed by atoms with Crippen molar-refractivity contribution in [2.24, 2.45) is 11.8 Å². The van der Waals surface area contributed by atoms with Crippen molar-refractivity contribution in [2.45, 2.75) is 45.1 Å². The van der Waals surface area contributed by atoms with Crippen LogP contribution in [0.15, 0.2) is 17.8 Å². The third-order valence-corrected chi connectivity index (χ3v) is 5.42. The van der Waals surface area contributed by atoms with Crippen LogP contribution in [-0.4, -0.2) is 22.5 Å². The summed E-state index contributed by atoms with van der Waals surface area (Å²) >= 11 is 1.72. The Morgan fingerprint density at radius 2 is 2.37 bits per heavy atom. The molecule has 0 aliphatic heterocycles. The molecule has 3 rings (SSSR count). The summed E-state index contributed by atoms with van der Waals surface area (Å²) in [5.74, 6) is 1.66. The molecule has 0 aromatic carbocycles. The molecule has 1 aliphatic rings. The Bertz CT molecular complexity index is 502. The molecule has 3 atom stereocenters. The predicted molar refractivity (Wildman–Crippen MR) is 80.7 cm³/mol. The fraction of sp³-hybridized carbons (Fsp3) is 0.667. The first-order valence-corrected chi connectivity index (χ1v) is 8.26. The zero-order valence-electron chi connectivity index (χ0n) is 11.8. The van der Waals surface area contributed by atoms with Gasteiger partial charge in [-0.05, 0) is 44.6 Å². The third kappa shape index (κ3) is 2.70. The highest BCUT2D eigenvalue weighted by Crippen LogP contribution is 2.33. The Labute approximate surface area is 119 Å². The summed E-state index contributed by atoms with van der Waals surface area (Å²) in [6, 6.07) is 0.669. The van der Waals surface area contributed by atoms with Crippen molar-refractivity contribution in [2.75, 3.05) is 7.05 Å². The van der Waals surface area contributed by atoms with Crippen LogP contribution in [0.2, 0.25) is 0 Å². The van der Waals surface area contributed by atoms with Crippen LogP contribution >= 0.6 is 11.3 Å². The lowest BCUT2D eigenvalue weighted by molar-refractivity contribution is 0.204. The van der Waals surface area contributed by atoms with E-state index in [9.17, 15) is 0 Å². The van der Waals surface area contributed by atoms with Crippen molar-refractivity contribution in [3.63, 3.8) is 0 Å². The van der Waals surface area contributed by atoms with E-state index >= 15 is 0 Å². The van der Waals surface area contributed by atoms with Crippen molar-refractivity contribution in [1.29, 1.82) is 0 Å². The van der Waals surface area contributed by atoms with Crippen LogP contribution in [0.25, 0.3) is 4.96 Å². The van der Waals surface area contributed by atoms with Gasteiger partial charge in [-0.2, -0.15) is 0 Å². The molecule has 0 bridgehead atoms. The SMILES string of the molecule is CCC1CCC(NC)C(Cc2cn3ccsc3n2)C1. The minimum Gasteiger partial charge on any atom is -0.317 e. The second-order valence-electron chi connectivity index (χ2n) is 5.77. The average Bonchev–Trinajstić information content (AvgIpc) is 2.99. The van der Waals surface area contributed by atoms with E-state index in [-0.39, 0.29) is 0 Å². The molecule has 3 nitrogen and oxygen atoms in total. The smallest absolute Gasteiger partial charge is 0.193 e. The van der Waals surface area contributed by atoms with Gasteiger partial charge >= 0.3 is 0 Å². The summed E-state index contributed by atoms with van der Waals surface area (Å²) in [5, 5.41) is 5.61. The van der Waals surface area contributed by atoms with Crippen molar-refractivity contribution >= 4 is 16.3 Å². The first-order chi connectivity index (χ1) is 9.30. The molecule has 0 saturated heterocycles. The quantitative estimate of drug-likeness (QED) is 0.928. The molecule has 0 spiro atoms. The number of nitrogens with one attached hydrogen (secondary N) is 1. The zero-order chi connectivity index (χ0) is 13.2. The zero-order valence-corrected chi connectivity index (χ0v) is 12.6. The fourth-order valence-electron chi connectivity index (χ4n) is 3.48. The largest absolute Gasteiger partial charge is 0.317 e. The minimum absolute atomic E-state index is 0.669. The Morgan fingerprint density at radius 1 is 1.47 bits per heavy atom. The molecular weight excluding hydrogens is 254 g/mol. The van der Waals surface area contributed by atoms with Crippen LogP contribution in [0.1, 0.15) is 38.3 Å². The molecule has 19 heavy (non-hydrogen) atoms. The second-order valence-corrected chi connectivity index (χ2v) is 6.64. The molecule has 3 unspecified atom stereocenters. The molecule has 1 aliphatic carbocycles. The summed E-state index contributed by atoms with van der Waals surface area (Å²) in [4.78, 5) is 5.86. The normalized spacial score (nSPS) is 28.0. The first-order valence-electron chi connectivity index (χ1n) is 7.38. The summed E-state index contributed by atoms with van der Waals surface area (Å²) in [7, 11) is 2.11. The average molecular weight is 277 g/mol. The molecule has 2 aromatic rings. The molecule has 1 N–H and O–H groups in total. The summed E-state index contributed by atoms with van der Waals surface area (Å²) in [5.41, 5.74) is 1.26. The van der Waals surface area contributed by atoms with Crippen molar-refractivity contribution in [3.05, 3.63) is 23.5 Å². The fourth-order valence-corrected chi connectivity index (χ4v) is 4.20. The van der Waals surface area contributed by atoms with Gasteiger partial charge in [0.1, 0.15) is 0 Å². The molecule has 2 aromatic heterocycles. The van der Waals surface area contributed by atoms with Crippen LogP contribution in [0, 0.1) is 11.8 Å². The maximum Gasteiger partial charge on any atom is 0.193 e. The second kappa shape index (κ2) is 5.63. The lowest BCUT2D eigenvalue weighted by Crippen LogP contribution is -2.39. The van der Waals surface area contributed by atoms with Crippen LogP contribution in [0.4, 0.5) is 0 Å². The Morgan fingerprint density at radius 3 is 3.11 bits per heavy atom.